The van der Waals surface area contributed by atoms with E-state index in [9.17, 15) is 13.6 Å². The highest BCUT2D eigenvalue weighted by molar-refractivity contribution is 5.98. The van der Waals surface area contributed by atoms with Gasteiger partial charge in [-0.2, -0.15) is 0 Å². The molecule has 96 valence electrons. The van der Waals surface area contributed by atoms with Crippen LogP contribution in [0, 0.1) is 6.92 Å². The number of amides is 1. The molecule has 1 heterocycles. The highest BCUT2D eigenvalue weighted by Crippen LogP contribution is 2.28. The van der Waals surface area contributed by atoms with Gasteiger partial charge in [0.05, 0.1) is 6.54 Å². The van der Waals surface area contributed by atoms with E-state index in [4.69, 9.17) is 0 Å². The van der Waals surface area contributed by atoms with Crippen LogP contribution in [0.1, 0.15) is 27.9 Å². The molecule has 2 nitrogen and oxygen atoms in total. The Morgan fingerprint density at radius 3 is 2.78 bits per heavy atom. The van der Waals surface area contributed by atoms with Crippen LogP contribution in [0.15, 0.2) is 24.8 Å². The molecule has 1 saturated heterocycles. The first-order valence-electron chi connectivity index (χ1n) is 5.84. The third-order valence-corrected chi connectivity index (χ3v) is 3.22. The third-order valence-electron chi connectivity index (χ3n) is 3.22. The van der Waals surface area contributed by atoms with E-state index in [0.29, 0.717) is 5.56 Å². The molecule has 18 heavy (non-hydrogen) atoms. The number of likely N-dealkylation sites (tertiary alicyclic amines) is 1. The zero-order chi connectivity index (χ0) is 13.3. The minimum Gasteiger partial charge on any atom is -0.332 e. The zero-order valence-corrected chi connectivity index (χ0v) is 10.2. The smallest absolute Gasteiger partial charge is 0.267 e. The second-order valence-corrected chi connectivity index (χ2v) is 4.57. The Labute approximate surface area is 105 Å². The minimum absolute atomic E-state index is 0.107. The predicted octanol–water partition coefficient (Wildman–Crippen LogP) is 3.12. The number of halogens is 2. The standard InChI is InChI=1S/C14H15F2NO/c1-3-11-10(2)5-4-6-12(11)13(18)17-8-7-14(15,16)9-17/h3-6H,1,7-9H2,2H3. The molecule has 0 atom stereocenters. The number of hydrogen-bond acceptors (Lipinski definition) is 1. The SMILES string of the molecule is C=Cc1c(C)cccc1C(=O)N1CCC(F)(F)C1. The molecule has 0 bridgehead atoms. The van der Waals surface area contributed by atoms with Crippen molar-refractivity contribution in [1.82, 2.24) is 4.90 Å². The first-order chi connectivity index (χ1) is 8.44. The summed E-state index contributed by atoms with van der Waals surface area (Å²) in [5.41, 5.74) is 2.09. The van der Waals surface area contributed by atoms with Gasteiger partial charge < -0.3 is 4.90 Å². The molecule has 1 fully saturated rings. The summed E-state index contributed by atoms with van der Waals surface area (Å²) in [6.45, 7) is 5.16. The average Bonchev–Trinajstić information content (AvgIpc) is 2.68. The molecular weight excluding hydrogens is 236 g/mol. The maximum Gasteiger partial charge on any atom is 0.267 e. The summed E-state index contributed by atoms with van der Waals surface area (Å²) >= 11 is 0. The zero-order valence-electron chi connectivity index (χ0n) is 10.2. The van der Waals surface area contributed by atoms with Crippen LogP contribution in [0.5, 0.6) is 0 Å². The van der Waals surface area contributed by atoms with Crippen LogP contribution in [-0.4, -0.2) is 29.8 Å². The van der Waals surface area contributed by atoms with Gasteiger partial charge in [-0.3, -0.25) is 4.79 Å². The molecule has 4 heteroatoms. The number of aryl methyl sites for hydroxylation is 1. The Kier molecular flexibility index (Phi) is 3.20. The maximum absolute atomic E-state index is 13.1. The average molecular weight is 251 g/mol. The molecule has 0 saturated carbocycles. The molecule has 1 aromatic rings. The summed E-state index contributed by atoms with van der Waals surface area (Å²) in [7, 11) is 0. The van der Waals surface area contributed by atoms with Crippen molar-refractivity contribution in [2.24, 2.45) is 0 Å². The summed E-state index contributed by atoms with van der Waals surface area (Å²) in [5.74, 6) is -3.10. The lowest BCUT2D eigenvalue weighted by atomic mass is 10.0. The Balaban J connectivity index is 2.30. The number of benzene rings is 1. The van der Waals surface area contributed by atoms with Crippen molar-refractivity contribution in [2.45, 2.75) is 19.3 Å². The van der Waals surface area contributed by atoms with E-state index >= 15 is 0 Å². The van der Waals surface area contributed by atoms with E-state index in [-0.39, 0.29) is 18.9 Å². The molecule has 1 amide bonds. The van der Waals surface area contributed by atoms with E-state index in [0.717, 1.165) is 11.1 Å². The summed E-state index contributed by atoms with van der Waals surface area (Å²) in [6.07, 6.45) is 1.34. The van der Waals surface area contributed by atoms with Gasteiger partial charge in [-0.05, 0) is 24.1 Å². The van der Waals surface area contributed by atoms with Gasteiger partial charge in [0.25, 0.3) is 11.8 Å². The number of carbonyl (C=O) groups is 1. The molecule has 0 radical (unpaired) electrons. The minimum atomic E-state index is -2.76. The number of carbonyl (C=O) groups excluding carboxylic acids is 1. The van der Waals surface area contributed by atoms with E-state index in [1.807, 2.05) is 13.0 Å². The van der Waals surface area contributed by atoms with Crippen LogP contribution < -0.4 is 0 Å². The van der Waals surface area contributed by atoms with E-state index in [1.54, 1.807) is 18.2 Å². The van der Waals surface area contributed by atoms with Gasteiger partial charge in [0.1, 0.15) is 0 Å². The second kappa shape index (κ2) is 4.52. The van der Waals surface area contributed by atoms with Gasteiger partial charge in [-0.15, -0.1) is 0 Å². The van der Waals surface area contributed by atoms with E-state index in [2.05, 4.69) is 6.58 Å². The van der Waals surface area contributed by atoms with Crippen molar-refractivity contribution in [1.29, 1.82) is 0 Å². The number of rotatable bonds is 2. The van der Waals surface area contributed by atoms with Crippen molar-refractivity contribution in [2.75, 3.05) is 13.1 Å². The third kappa shape index (κ3) is 2.28. The van der Waals surface area contributed by atoms with Crippen LogP contribution in [0.4, 0.5) is 8.78 Å². The Morgan fingerprint density at radius 2 is 2.22 bits per heavy atom. The van der Waals surface area contributed by atoms with Gasteiger partial charge in [-0.1, -0.05) is 24.8 Å². The molecule has 0 aliphatic carbocycles. The summed E-state index contributed by atoms with van der Waals surface area (Å²) in [4.78, 5) is 13.4. The normalized spacial score (nSPS) is 17.8. The Morgan fingerprint density at radius 1 is 1.50 bits per heavy atom. The van der Waals surface area contributed by atoms with Crippen LogP contribution in [0.25, 0.3) is 6.08 Å². The first-order valence-corrected chi connectivity index (χ1v) is 5.84. The van der Waals surface area contributed by atoms with Crippen molar-refractivity contribution in [3.05, 3.63) is 41.5 Å². The molecule has 1 aliphatic rings. The first kappa shape index (κ1) is 12.7. The fourth-order valence-electron chi connectivity index (χ4n) is 2.22. The van der Waals surface area contributed by atoms with Gasteiger partial charge in [0, 0.05) is 18.5 Å². The fraction of sp³-hybridized carbons (Fsp3) is 0.357. The van der Waals surface area contributed by atoms with Crippen molar-refractivity contribution >= 4 is 12.0 Å². The van der Waals surface area contributed by atoms with E-state index in [1.165, 1.54) is 4.90 Å². The van der Waals surface area contributed by atoms with Crippen molar-refractivity contribution in [3.8, 4) is 0 Å². The monoisotopic (exact) mass is 251 g/mol. The van der Waals surface area contributed by atoms with Crippen LogP contribution in [0.2, 0.25) is 0 Å². The van der Waals surface area contributed by atoms with Crippen molar-refractivity contribution < 1.29 is 13.6 Å². The lowest BCUT2D eigenvalue weighted by Gasteiger charge is -2.18. The summed E-state index contributed by atoms with van der Waals surface area (Å²) in [6, 6.07) is 5.28. The highest BCUT2D eigenvalue weighted by atomic mass is 19.3. The fourth-order valence-corrected chi connectivity index (χ4v) is 2.22. The molecule has 2 rings (SSSR count). The maximum atomic E-state index is 13.1. The largest absolute Gasteiger partial charge is 0.332 e. The highest BCUT2D eigenvalue weighted by Gasteiger charge is 2.40. The molecule has 0 N–H and O–H groups in total. The van der Waals surface area contributed by atoms with Gasteiger partial charge >= 0.3 is 0 Å². The van der Waals surface area contributed by atoms with Gasteiger partial charge in [-0.25, -0.2) is 8.78 Å². The molecule has 1 aliphatic heterocycles. The number of nitrogens with zero attached hydrogens (tertiary/aromatic N) is 1. The lowest BCUT2D eigenvalue weighted by Crippen LogP contribution is -2.31. The number of alkyl halides is 2. The molecule has 0 unspecified atom stereocenters. The Bertz CT molecular complexity index is 497. The summed E-state index contributed by atoms with van der Waals surface area (Å²) in [5, 5.41) is 0. The van der Waals surface area contributed by atoms with E-state index < -0.39 is 12.5 Å². The molecular formula is C14H15F2NO. The van der Waals surface area contributed by atoms with Crippen LogP contribution >= 0.6 is 0 Å². The number of hydrogen-bond donors (Lipinski definition) is 0. The van der Waals surface area contributed by atoms with Crippen LogP contribution in [0.3, 0.4) is 0 Å². The Hall–Kier alpha value is -1.71. The molecule has 0 spiro atoms. The molecule has 1 aromatic carbocycles. The van der Waals surface area contributed by atoms with Crippen LogP contribution in [-0.2, 0) is 0 Å². The van der Waals surface area contributed by atoms with Gasteiger partial charge in [0.15, 0.2) is 0 Å². The predicted molar refractivity (Wildman–Crippen MR) is 66.7 cm³/mol. The topological polar surface area (TPSA) is 20.3 Å². The van der Waals surface area contributed by atoms with Crippen molar-refractivity contribution in [3.63, 3.8) is 0 Å². The van der Waals surface area contributed by atoms with Gasteiger partial charge in [0.2, 0.25) is 0 Å². The quantitative estimate of drug-likeness (QED) is 0.790. The second-order valence-electron chi connectivity index (χ2n) is 4.57. The lowest BCUT2D eigenvalue weighted by molar-refractivity contribution is 0.0120. The molecule has 0 aromatic heterocycles. The summed E-state index contributed by atoms with van der Waals surface area (Å²) < 4.78 is 26.2.